The van der Waals surface area contributed by atoms with E-state index in [1.54, 1.807) is 24.5 Å². The van der Waals surface area contributed by atoms with Gasteiger partial charge in [-0.05, 0) is 32.6 Å². The Morgan fingerprint density at radius 1 is 1.28 bits per heavy atom. The van der Waals surface area contributed by atoms with Gasteiger partial charge in [-0.25, -0.2) is 4.98 Å². The molecule has 1 aliphatic rings. The fraction of sp³-hybridized carbons (Fsp3) is 0.500. The number of aryl methyl sites for hydroxylation is 1. The normalized spacial score (nSPS) is 14.4. The first kappa shape index (κ1) is 17.6. The largest absolute Gasteiger partial charge is 0.374 e. The van der Waals surface area contributed by atoms with Gasteiger partial charge >= 0.3 is 0 Å². The zero-order valence-corrected chi connectivity index (χ0v) is 14.9. The summed E-state index contributed by atoms with van der Waals surface area (Å²) in [5, 5.41) is 0. The number of rotatable bonds is 6. The van der Waals surface area contributed by atoms with Gasteiger partial charge in [-0.1, -0.05) is 0 Å². The lowest BCUT2D eigenvalue weighted by molar-refractivity contribution is 0.0740. The predicted molar refractivity (Wildman–Crippen MR) is 94.0 cm³/mol. The van der Waals surface area contributed by atoms with Gasteiger partial charge in [0.05, 0.1) is 37.5 Å². The van der Waals surface area contributed by atoms with Gasteiger partial charge in [0.15, 0.2) is 0 Å². The molecule has 3 rings (SSSR count). The molecule has 7 heteroatoms. The molecule has 1 aliphatic heterocycles. The minimum Gasteiger partial charge on any atom is -0.374 e. The summed E-state index contributed by atoms with van der Waals surface area (Å²) in [6.45, 7) is 4.20. The van der Waals surface area contributed by atoms with Crippen LogP contribution in [0.1, 0.15) is 28.2 Å². The highest BCUT2D eigenvalue weighted by molar-refractivity contribution is 5.94. The molecule has 0 spiro atoms. The second kappa shape index (κ2) is 8.22. The molecular weight excluding hydrogens is 318 g/mol. The number of hydrogen-bond donors (Lipinski definition) is 0. The maximum atomic E-state index is 12.8. The number of imidazole rings is 1. The fourth-order valence-corrected chi connectivity index (χ4v) is 2.90. The lowest BCUT2D eigenvalue weighted by atomic mass is 10.2. The number of aromatic nitrogens is 3. The maximum absolute atomic E-state index is 12.8. The number of ether oxygens (including phenoxy) is 1. The van der Waals surface area contributed by atoms with Crippen LogP contribution in [0.4, 0.5) is 0 Å². The van der Waals surface area contributed by atoms with Crippen LogP contribution in [0.25, 0.3) is 0 Å². The number of pyridine rings is 1. The zero-order valence-electron chi connectivity index (χ0n) is 14.9. The van der Waals surface area contributed by atoms with Crippen LogP contribution in [0.2, 0.25) is 0 Å². The molecule has 7 nitrogen and oxygen atoms in total. The van der Waals surface area contributed by atoms with Gasteiger partial charge in [-0.3, -0.25) is 9.78 Å². The van der Waals surface area contributed by atoms with Gasteiger partial charge < -0.3 is 19.1 Å². The summed E-state index contributed by atoms with van der Waals surface area (Å²) in [4.78, 5) is 25.2. The van der Waals surface area contributed by atoms with Gasteiger partial charge in [0.1, 0.15) is 0 Å². The predicted octanol–water partition coefficient (Wildman–Crippen LogP) is 1.40. The lowest BCUT2D eigenvalue weighted by Gasteiger charge is -2.20. The van der Waals surface area contributed by atoms with E-state index >= 15 is 0 Å². The number of hydrogen-bond acceptors (Lipinski definition) is 5. The first-order chi connectivity index (χ1) is 12.1. The van der Waals surface area contributed by atoms with E-state index in [0.29, 0.717) is 25.3 Å². The molecule has 2 aromatic heterocycles. The molecule has 2 aromatic rings. The van der Waals surface area contributed by atoms with Gasteiger partial charge in [0.25, 0.3) is 5.91 Å². The fourth-order valence-electron chi connectivity index (χ4n) is 2.90. The number of carbonyl (C=O) groups is 1. The van der Waals surface area contributed by atoms with Crippen molar-refractivity contribution < 1.29 is 9.53 Å². The molecule has 0 saturated heterocycles. The third-order valence-corrected chi connectivity index (χ3v) is 4.34. The van der Waals surface area contributed by atoms with Crippen molar-refractivity contribution in [2.24, 2.45) is 0 Å². The van der Waals surface area contributed by atoms with Crippen molar-refractivity contribution in [2.45, 2.75) is 26.1 Å². The van der Waals surface area contributed by atoms with Gasteiger partial charge in [0, 0.05) is 37.6 Å². The molecule has 1 amide bonds. The maximum Gasteiger partial charge on any atom is 0.254 e. The molecule has 0 bridgehead atoms. The lowest BCUT2D eigenvalue weighted by Crippen LogP contribution is -2.31. The smallest absolute Gasteiger partial charge is 0.254 e. The van der Waals surface area contributed by atoms with Crippen molar-refractivity contribution in [3.63, 3.8) is 0 Å². The number of nitrogens with zero attached hydrogens (tertiary/aromatic N) is 5. The molecule has 0 atom stereocenters. The Hall–Kier alpha value is -2.25. The molecule has 0 aromatic carbocycles. The molecule has 0 aliphatic carbocycles. The van der Waals surface area contributed by atoms with Crippen molar-refractivity contribution in [1.29, 1.82) is 0 Å². The van der Waals surface area contributed by atoms with E-state index in [-0.39, 0.29) is 5.91 Å². The SMILES string of the molecule is CN(C)CCOCc1ncn2c1CN(C(=O)c1ccncc1)CCC2. The quantitative estimate of drug-likeness (QED) is 0.742. The number of likely N-dealkylation sites (N-methyl/N-ethyl adjacent to an activating group) is 1. The summed E-state index contributed by atoms with van der Waals surface area (Å²) in [6, 6.07) is 3.52. The standard InChI is InChI=1S/C18H25N5O2/c1-21(2)10-11-25-13-16-17-12-22(8-3-9-23(17)14-20-16)18(24)15-4-6-19-7-5-15/h4-7,14H,3,8-13H2,1-2H3. The molecule has 3 heterocycles. The number of carbonyl (C=O) groups excluding carboxylic acids is 1. The Morgan fingerprint density at radius 3 is 2.84 bits per heavy atom. The van der Waals surface area contributed by atoms with Crippen LogP contribution in [0, 0.1) is 0 Å². The highest BCUT2D eigenvalue weighted by atomic mass is 16.5. The zero-order chi connectivity index (χ0) is 17.6. The second-order valence-electron chi connectivity index (χ2n) is 6.50. The Kier molecular flexibility index (Phi) is 5.78. The van der Waals surface area contributed by atoms with Crippen LogP contribution >= 0.6 is 0 Å². The van der Waals surface area contributed by atoms with Gasteiger partial charge in [0.2, 0.25) is 0 Å². The highest BCUT2D eigenvalue weighted by Crippen LogP contribution is 2.18. The van der Waals surface area contributed by atoms with E-state index in [2.05, 4.69) is 19.4 Å². The van der Waals surface area contributed by atoms with Crippen molar-refractivity contribution in [1.82, 2.24) is 24.3 Å². The third-order valence-electron chi connectivity index (χ3n) is 4.34. The van der Waals surface area contributed by atoms with Crippen molar-refractivity contribution >= 4 is 5.91 Å². The summed E-state index contributed by atoms with van der Waals surface area (Å²) in [7, 11) is 4.04. The number of fused-ring (bicyclic) bond motifs is 1. The van der Waals surface area contributed by atoms with Crippen molar-refractivity contribution in [3.8, 4) is 0 Å². The van der Waals surface area contributed by atoms with E-state index in [9.17, 15) is 4.79 Å². The van der Waals surface area contributed by atoms with Gasteiger partial charge in [-0.2, -0.15) is 0 Å². The summed E-state index contributed by atoms with van der Waals surface area (Å²) >= 11 is 0. The van der Waals surface area contributed by atoms with Crippen molar-refractivity contribution in [3.05, 3.63) is 47.8 Å². The monoisotopic (exact) mass is 343 g/mol. The first-order valence-electron chi connectivity index (χ1n) is 8.60. The topological polar surface area (TPSA) is 63.5 Å². The summed E-state index contributed by atoms with van der Waals surface area (Å²) in [5.74, 6) is 0.0385. The van der Waals surface area contributed by atoms with Gasteiger partial charge in [-0.15, -0.1) is 0 Å². The molecule has 0 radical (unpaired) electrons. The molecule has 0 unspecified atom stereocenters. The van der Waals surface area contributed by atoms with Crippen LogP contribution in [0.5, 0.6) is 0 Å². The highest BCUT2D eigenvalue weighted by Gasteiger charge is 2.23. The molecule has 25 heavy (non-hydrogen) atoms. The van der Waals surface area contributed by atoms with Crippen LogP contribution in [-0.2, 0) is 24.4 Å². The summed E-state index contributed by atoms with van der Waals surface area (Å²) in [6.07, 6.45) is 6.08. The molecular formula is C18H25N5O2. The van der Waals surface area contributed by atoms with Crippen LogP contribution in [-0.4, -0.2) is 64.0 Å². The number of amides is 1. The average Bonchev–Trinajstić information content (AvgIpc) is 2.86. The minimum absolute atomic E-state index is 0.0385. The summed E-state index contributed by atoms with van der Waals surface area (Å²) in [5.41, 5.74) is 2.67. The Morgan fingerprint density at radius 2 is 2.08 bits per heavy atom. The molecule has 0 N–H and O–H groups in total. The van der Waals surface area contributed by atoms with E-state index < -0.39 is 0 Å². The molecule has 0 fully saturated rings. The Balaban J connectivity index is 1.69. The van der Waals surface area contributed by atoms with Crippen LogP contribution in [0.3, 0.4) is 0 Å². The van der Waals surface area contributed by atoms with Crippen LogP contribution in [0.15, 0.2) is 30.9 Å². The van der Waals surface area contributed by atoms with E-state index in [0.717, 1.165) is 37.4 Å². The summed E-state index contributed by atoms with van der Waals surface area (Å²) < 4.78 is 7.89. The molecule has 134 valence electrons. The Bertz CT molecular complexity index is 699. The van der Waals surface area contributed by atoms with Crippen molar-refractivity contribution in [2.75, 3.05) is 33.8 Å². The van der Waals surface area contributed by atoms with Crippen LogP contribution < -0.4 is 0 Å². The minimum atomic E-state index is 0.0385. The second-order valence-corrected chi connectivity index (χ2v) is 6.50. The van der Waals surface area contributed by atoms with E-state index in [4.69, 9.17) is 4.74 Å². The first-order valence-corrected chi connectivity index (χ1v) is 8.60. The Labute approximate surface area is 148 Å². The average molecular weight is 343 g/mol. The molecule has 0 saturated carbocycles. The van der Waals surface area contributed by atoms with E-state index in [1.165, 1.54) is 0 Å². The third kappa shape index (κ3) is 4.43. The van der Waals surface area contributed by atoms with E-state index in [1.807, 2.05) is 25.3 Å².